The standard InChI is InChI=1S/C7H6ClNO3/c1-12-6-3-4(9-11)2-5(8)7(6)10/h2-3,10H,1H3. The fourth-order valence-corrected chi connectivity index (χ4v) is 0.973. The molecule has 1 rings (SSSR count). The number of hydrogen-bond donors (Lipinski definition) is 1. The van der Waals surface area contributed by atoms with Gasteiger partial charge in [0.2, 0.25) is 0 Å². The Balaban J connectivity index is 3.28. The molecule has 1 aromatic carbocycles. The summed E-state index contributed by atoms with van der Waals surface area (Å²) in [5.74, 6) is -0.0522. The van der Waals surface area contributed by atoms with Gasteiger partial charge in [-0.3, -0.25) is 0 Å². The van der Waals surface area contributed by atoms with E-state index in [0.717, 1.165) is 0 Å². The fourth-order valence-electron chi connectivity index (χ4n) is 0.769. The van der Waals surface area contributed by atoms with E-state index in [-0.39, 0.29) is 22.2 Å². The van der Waals surface area contributed by atoms with Crippen LogP contribution in [-0.4, -0.2) is 12.2 Å². The highest BCUT2D eigenvalue weighted by Gasteiger charge is 2.08. The highest BCUT2D eigenvalue weighted by atomic mass is 35.5. The maximum absolute atomic E-state index is 10.1. The molecule has 0 aromatic heterocycles. The molecule has 0 saturated heterocycles. The number of halogens is 1. The fraction of sp³-hybridized carbons (Fsp3) is 0.143. The van der Waals surface area contributed by atoms with Crippen molar-refractivity contribution in [2.24, 2.45) is 5.18 Å². The molecule has 12 heavy (non-hydrogen) atoms. The maximum Gasteiger partial charge on any atom is 0.176 e. The second-order valence-corrected chi connectivity index (χ2v) is 2.48. The van der Waals surface area contributed by atoms with Crippen molar-refractivity contribution in [1.29, 1.82) is 0 Å². The van der Waals surface area contributed by atoms with Gasteiger partial charge in [0.15, 0.2) is 11.5 Å². The highest BCUT2D eigenvalue weighted by Crippen LogP contribution is 2.37. The second-order valence-electron chi connectivity index (χ2n) is 2.07. The summed E-state index contributed by atoms with van der Waals surface area (Å²) in [6.07, 6.45) is 0. The number of phenolic OH excluding ortho intramolecular Hbond substituents is 1. The summed E-state index contributed by atoms with van der Waals surface area (Å²) < 4.78 is 4.73. The molecule has 64 valence electrons. The normalized spacial score (nSPS) is 9.50. The molecule has 0 amide bonds. The zero-order chi connectivity index (χ0) is 9.14. The van der Waals surface area contributed by atoms with Crippen molar-refractivity contribution in [1.82, 2.24) is 0 Å². The highest BCUT2D eigenvalue weighted by molar-refractivity contribution is 6.32. The first-order valence-corrected chi connectivity index (χ1v) is 3.46. The molecule has 0 aliphatic carbocycles. The number of methoxy groups -OCH3 is 1. The molecule has 0 aliphatic heterocycles. The lowest BCUT2D eigenvalue weighted by atomic mass is 10.3. The van der Waals surface area contributed by atoms with Crippen LogP contribution in [0.1, 0.15) is 0 Å². The molecule has 0 saturated carbocycles. The van der Waals surface area contributed by atoms with Gasteiger partial charge in [-0.1, -0.05) is 11.6 Å². The predicted molar refractivity (Wildman–Crippen MR) is 45.1 cm³/mol. The number of nitrogens with zero attached hydrogens (tertiary/aromatic N) is 1. The number of benzene rings is 1. The molecule has 5 heteroatoms. The SMILES string of the molecule is COc1cc(N=O)cc(Cl)c1O. The van der Waals surface area contributed by atoms with E-state index in [9.17, 15) is 10.0 Å². The molecule has 0 atom stereocenters. The number of ether oxygens (including phenoxy) is 1. The lowest BCUT2D eigenvalue weighted by Gasteiger charge is -2.04. The molecule has 0 spiro atoms. The van der Waals surface area contributed by atoms with E-state index in [0.29, 0.717) is 0 Å². The summed E-state index contributed by atoms with van der Waals surface area (Å²) in [6.45, 7) is 0. The molecule has 1 aromatic rings. The number of nitroso groups, excluding NO2 is 1. The van der Waals surface area contributed by atoms with Gasteiger partial charge < -0.3 is 9.84 Å². The van der Waals surface area contributed by atoms with Gasteiger partial charge in [0.25, 0.3) is 0 Å². The van der Waals surface area contributed by atoms with E-state index in [2.05, 4.69) is 5.18 Å². The van der Waals surface area contributed by atoms with E-state index in [1.807, 2.05) is 0 Å². The van der Waals surface area contributed by atoms with Crippen molar-refractivity contribution in [2.45, 2.75) is 0 Å². The Morgan fingerprint density at radius 1 is 1.58 bits per heavy atom. The van der Waals surface area contributed by atoms with Gasteiger partial charge in [0, 0.05) is 6.07 Å². The lowest BCUT2D eigenvalue weighted by molar-refractivity contribution is 0.374. The van der Waals surface area contributed by atoms with E-state index >= 15 is 0 Å². The Morgan fingerprint density at radius 3 is 2.75 bits per heavy atom. The molecular formula is C7H6ClNO3. The average Bonchev–Trinajstić information content (AvgIpc) is 2.09. The Bertz CT molecular complexity index is 314. The third-order valence-corrected chi connectivity index (χ3v) is 1.63. The Kier molecular flexibility index (Phi) is 2.50. The van der Waals surface area contributed by atoms with Gasteiger partial charge in [-0.15, -0.1) is 4.91 Å². The molecule has 0 radical (unpaired) electrons. The smallest absolute Gasteiger partial charge is 0.176 e. The number of hydrogen-bond acceptors (Lipinski definition) is 4. The van der Waals surface area contributed by atoms with Crippen LogP contribution in [-0.2, 0) is 0 Å². The van der Waals surface area contributed by atoms with Gasteiger partial charge in [0.05, 0.1) is 12.1 Å². The first kappa shape index (κ1) is 8.80. The van der Waals surface area contributed by atoms with Crippen LogP contribution in [0.3, 0.4) is 0 Å². The maximum atomic E-state index is 10.1. The largest absolute Gasteiger partial charge is 0.503 e. The third-order valence-electron chi connectivity index (χ3n) is 1.34. The van der Waals surface area contributed by atoms with E-state index in [4.69, 9.17) is 16.3 Å². The summed E-state index contributed by atoms with van der Waals surface area (Å²) in [6, 6.07) is 2.56. The van der Waals surface area contributed by atoms with Crippen LogP contribution >= 0.6 is 11.6 Å². The minimum atomic E-state index is -0.188. The quantitative estimate of drug-likeness (QED) is 0.724. The van der Waals surface area contributed by atoms with Crippen molar-refractivity contribution in [3.05, 3.63) is 22.1 Å². The first-order valence-electron chi connectivity index (χ1n) is 3.09. The van der Waals surface area contributed by atoms with Crippen LogP contribution in [0.4, 0.5) is 5.69 Å². The number of phenols is 1. The Hall–Kier alpha value is -1.29. The van der Waals surface area contributed by atoms with Crippen molar-refractivity contribution in [3.8, 4) is 11.5 Å². The van der Waals surface area contributed by atoms with Crippen LogP contribution in [0.25, 0.3) is 0 Å². The molecule has 0 bridgehead atoms. The molecular weight excluding hydrogens is 182 g/mol. The average molecular weight is 188 g/mol. The van der Waals surface area contributed by atoms with Crippen LogP contribution in [0.5, 0.6) is 11.5 Å². The van der Waals surface area contributed by atoms with Crippen LogP contribution < -0.4 is 4.74 Å². The number of rotatable bonds is 2. The third kappa shape index (κ3) is 1.48. The summed E-state index contributed by atoms with van der Waals surface area (Å²) in [5.41, 5.74) is 0.120. The monoisotopic (exact) mass is 187 g/mol. The van der Waals surface area contributed by atoms with E-state index in [1.165, 1.54) is 19.2 Å². The van der Waals surface area contributed by atoms with Crippen molar-refractivity contribution in [2.75, 3.05) is 7.11 Å². The van der Waals surface area contributed by atoms with Crippen LogP contribution in [0.2, 0.25) is 5.02 Å². The molecule has 4 nitrogen and oxygen atoms in total. The Morgan fingerprint density at radius 2 is 2.25 bits per heavy atom. The molecule has 0 aliphatic rings. The first-order chi connectivity index (χ1) is 5.69. The summed E-state index contributed by atoms with van der Waals surface area (Å²) in [5, 5.41) is 11.9. The van der Waals surface area contributed by atoms with Gasteiger partial charge in [-0.2, -0.15) is 0 Å². The van der Waals surface area contributed by atoms with Gasteiger partial charge in [-0.05, 0) is 11.2 Å². The van der Waals surface area contributed by atoms with E-state index < -0.39 is 0 Å². The minimum Gasteiger partial charge on any atom is -0.503 e. The summed E-state index contributed by atoms with van der Waals surface area (Å²) >= 11 is 5.55. The molecule has 0 unspecified atom stereocenters. The van der Waals surface area contributed by atoms with Gasteiger partial charge in [-0.25, -0.2) is 0 Å². The minimum absolute atomic E-state index is 0.0453. The van der Waals surface area contributed by atoms with Crippen molar-refractivity contribution in [3.63, 3.8) is 0 Å². The van der Waals surface area contributed by atoms with E-state index in [1.54, 1.807) is 0 Å². The zero-order valence-electron chi connectivity index (χ0n) is 6.24. The van der Waals surface area contributed by atoms with Gasteiger partial charge >= 0.3 is 0 Å². The molecule has 1 N–H and O–H groups in total. The summed E-state index contributed by atoms with van der Waals surface area (Å²) in [4.78, 5) is 10.1. The van der Waals surface area contributed by atoms with Crippen LogP contribution in [0.15, 0.2) is 17.3 Å². The zero-order valence-corrected chi connectivity index (χ0v) is 7.00. The number of aromatic hydroxyl groups is 1. The molecule has 0 fully saturated rings. The summed E-state index contributed by atoms with van der Waals surface area (Å²) in [7, 11) is 1.36. The second kappa shape index (κ2) is 3.40. The van der Waals surface area contributed by atoms with Crippen molar-refractivity contribution >= 4 is 17.3 Å². The van der Waals surface area contributed by atoms with Gasteiger partial charge in [0.1, 0.15) is 5.69 Å². The lowest BCUT2D eigenvalue weighted by Crippen LogP contribution is -1.83. The Labute approximate surface area is 73.7 Å². The molecule has 0 heterocycles. The van der Waals surface area contributed by atoms with Crippen molar-refractivity contribution < 1.29 is 9.84 Å². The van der Waals surface area contributed by atoms with Crippen LogP contribution in [0, 0.1) is 4.91 Å². The predicted octanol–water partition coefficient (Wildman–Crippen LogP) is 2.45. The topological polar surface area (TPSA) is 58.9 Å².